The Labute approximate surface area is 229 Å². The number of halogens is 2. The summed E-state index contributed by atoms with van der Waals surface area (Å²) in [5, 5.41) is 11.4. The number of carbonyl (C=O) groups is 1. The molecule has 1 amide bonds. The fourth-order valence-electron chi connectivity index (χ4n) is 6.13. The summed E-state index contributed by atoms with van der Waals surface area (Å²) in [6.07, 6.45) is 4.14. The van der Waals surface area contributed by atoms with E-state index in [-0.39, 0.29) is 23.9 Å². The van der Waals surface area contributed by atoms with E-state index in [1.165, 1.54) is 12.1 Å². The number of methoxy groups -OCH3 is 1. The van der Waals surface area contributed by atoms with Crippen LogP contribution in [0.1, 0.15) is 40.3 Å². The van der Waals surface area contributed by atoms with Crippen molar-refractivity contribution >= 4 is 34.6 Å². The molecular formula is C31H28F2N4O3. The number of carbonyl (C=O) groups excluding carboxylic acids is 1. The number of anilines is 1. The second kappa shape index (κ2) is 9.53. The van der Waals surface area contributed by atoms with Gasteiger partial charge in [-0.05, 0) is 65.6 Å². The molecule has 7 rings (SSSR count). The largest absolute Gasteiger partial charge is 0.497 e. The average molecular weight is 543 g/mol. The van der Waals surface area contributed by atoms with E-state index < -0.39 is 17.0 Å². The summed E-state index contributed by atoms with van der Waals surface area (Å²) in [5.41, 5.74) is 4.29. The fraction of sp³-hybridized carbons (Fsp3) is 0.290. The molecule has 0 radical (unpaired) electrons. The molecule has 7 nitrogen and oxygen atoms in total. The van der Waals surface area contributed by atoms with E-state index >= 15 is 0 Å². The molecule has 1 aromatic heterocycles. The van der Waals surface area contributed by atoms with Crippen LogP contribution >= 0.6 is 0 Å². The number of aromatic nitrogens is 2. The average Bonchev–Trinajstić information content (AvgIpc) is 3.51. The minimum Gasteiger partial charge on any atom is -0.497 e. The summed E-state index contributed by atoms with van der Waals surface area (Å²) < 4.78 is 40.3. The van der Waals surface area contributed by atoms with Crippen LogP contribution in [-0.2, 0) is 21.5 Å². The second-order valence-corrected chi connectivity index (χ2v) is 10.7. The zero-order chi connectivity index (χ0) is 27.4. The van der Waals surface area contributed by atoms with E-state index in [0.717, 1.165) is 39.9 Å². The molecule has 2 atom stereocenters. The number of H-pyrrole nitrogens is 1. The van der Waals surface area contributed by atoms with E-state index in [1.807, 2.05) is 41.3 Å². The van der Waals surface area contributed by atoms with Crippen LogP contribution in [0.3, 0.4) is 0 Å². The maximum atomic E-state index is 14.8. The highest BCUT2D eigenvalue weighted by Crippen LogP contribution is 2.65. The molecule has 1 spiro atoms. The molecular weight excluding hydrogens is 514 g/mol. The van der Waals surface area contributed by atoms with Gasteiger partial charge in [-0.15, -0.1) is 0 Å². The van der Waals surface area contributed by atoms with Crippen LogP contribution in [0.2, 0.25) is 0 Å². The number of fused-ring (bicyclic) bond motifs is 3. The van der Waals surface area contributed by atoms with Crippen molar-refractivity contribution in [1.29, 1.82) is 0 Å². The topological polar surface area (TPSA) is 79.5 Å². The SMILES string of the molecule is COc1ccc2c(c1)C1(C[C@H]1c1ccc3c(/C=C/c4cc(F)c(CN5CCOCC5)c(F)c4)n[nH]c3c1)C(=O)N2. The number of nitrogens with zero attached hydrogens (tertiary/aromatic N) is 2. The Kier molecular flexibility index (Phi) is 5.94. The Morgan fingerprint density at radius 1 is 1.10 bits per heavy atom. The van der Waals surface area contributed by atoms with Gasteiger partial charge in [-0.1, -0.05) is 18.2 Å². The minimum atomic E-state index is -0.581. The molecule has 1 saturated carbocycles. The fourth-order valence-corrected chi connectivity index (χ4v) is 6.13. The molecule has 204 valence electrons. The summed E-state index contributed by atoms with van der Waals surface area (Å²) in [6, 6.07) is 14.4. The molecule has 40 heavy (non-hydrogen) atoms. The Hall–Kier alpha value is -4.08. The maximum absolute atomic E-state index is 14.8. The summed E-state index contributed by atoms with van der Waals surface area (Å²) in [5.74, 6) is -0.321. The number of benzene rings is 3. The third-order valence-corrected chi connectivity index (χ3v) is 8.42. The Morgan fingerprint density at radius 3 is 2.67 bits per heavy atom. The molecule has 2 aliphatic heterocycles. The standard InChI is InChI=1S/C31H28F2N4O3/c1-39-20-4-7-28-23(15-20)31(30(38)34-28)16-24(31)19-3-5-21-27(35-36-29(21)14-19)6-2-18-12-25(32)22(26(33)13-18)17-37-8-10-40-11-9-37/h2-7,12-15,24H,8-11,16-17H2,1H3,(H,34,38)(H,35,36)/b6-2+/t24-,31?/m0/s1. The zero-order valence-electron chi connectivity index (χ0n) is 22.0. The van der Waals surface area contributed by atoms with E-state index in [1.54, 1.807) is 19.3 Å². The second-order valence-electron chi connectivity index (χ2n) is 10.7. The molecule has 1 unspecified atom stereocenters. The molecule has 0 bridgehead atoms. The van der Waals surface area contributed by atoms with Gasteiger partial charge in [0.05, 0.1) is 36.9 Å². The first-order valence-electron chi connectivity index (χ1n) is 13.4. The third-order valence-electron chi connectivity index (χ3n) is 8.42. The lowest BCUT2D eigenvalue weighted by molar-refractivity contribution is -0.118. The normalized spacial score (nSPS) is 22.3. The van der Waals surface area contributed by atoms with Crippen LogP contribution in [-0.4, -0.2) is 54.4 Å². The van der Waals surface area contributed by atoms with Gasteiger partial charge in [0.25, 0.3) is 0 Å². The predicted octanol–water partition coefficient (Wildman–Crippen LogP) is 5.23. The highest BCUT2D eigenvalue weighted by atomic mass is 19.1. The highest BCUT2D eigenvalue weighted by Gasteiger charge is 2.65. The van der Waals surface area contributed by atoms with Crippen LogP contribution in [0.5, 0.6) is 5.75 Å². The van der Waals surface area contributed by atoms with Crippen LogP contribution in [0.4, 0.5) is 14.5 Å². The Balaban J connectivity index is 1.11. The maximum Gasteiger partial charge on any atom is 0.235 e. The molecule has 3 aromatic carbocycles. The van der Waals surface area contributed by atoms with Crippen molar-refractivity contribution < 1.29 is 23.0 Å². The van der Waals surface area contributed by atoms with Gasteiger partial charge in [-0.3, -0.25) is 14.8 Å². The van der Waals surface area contributed by atoms with Crippen molar-refractivity contribution in [2.75, 3.05) is 38.7 Å². The van der Waals surface area contributed by atoms with Gasteiger partial charge in [0.2, 0.25) is 5.91 Å². The van der Waals surface area contributed by atoms with Gasteiger partial charge < -0.3 is 14.8 Å². The smallest absolute Gasteiger partial charge is 0.235 e. The predicted molar refractivity (Wildman–Crippen MR) is 148 cm³/mol. The first-order chi connectivity index (χ1) is 19.5. The van der Waals surface area contributed by atoms with E-state index in [9.17, 15) is 13.6 Å². The van der Waals surface area contributed by atoms with Crippen LogP contribution < -0.4 is 10.1 Å². The van der Waals surface area contributed by atoms with Gasteiger partial charge in [0, 0.05) is 42.2 Å². The Morgan fingerprint density at radius 2 is 1.90 bits per heavy atom. The van der Waals surface area contributed by atoms with Crippen molar-refractivity contribution in [2.45, 2.75) is 24.3 Å². The number of amides is 1. The van der Waals surface area contributed by atoms with Crippen LogP contribution in [0.25, 0.3) is 23.1 Å². The number of nitrogens with one attached hydrogen (secondary N) is 2. The first-order valence-corrected chi connectivity index (χ1v) is 13.4. The van der Waals surface area contributed by atoms with Gasteiger partial charge in [-0.25, -0.2) is 8.78 Å². The summed E-state index contributed by atoms with van der Waals surface area (Å²) in [6.45, 7) is 2.68. The monoisotopic (exact) mass is 542 g/mol. The lowest BCUT2D eigenvalue weighted by Crippen LogP contribution is -2.36. The number of hydrogen-bond donors (Lipinski definition) is 2. The number of rotatable bonds is 6. The van der Waals surface area contributed by atoms with Crippen molar-refractivity contribution in [2.24, 2.45) is 0 Å². The minimum absolute atomic E-state index is 0.0181. The number of aromatic amines is 1. The first kappa shape index (κ1) is 24.9. The summed E-state index contributed by atoms with van der Waals surface area (Å²) in [4.78, 5) is 15.0. The molecule has 4 aromatic rings. The molecule has 2 N–H and O–H groups in total. The van der Waals surface area contributed by atoms with Gasteiger partial charge in [0.15, 0.2) is 0 Å². The van der Waals surface area contributed by atoms with Crippen molar-refractivity contribution in [3.05, 3.63) is 88.1 Å². The molecule has 3 heterocycles. The molecule has 2 fully saturated rings. The molecule has 3 aliphatic rings. The number of morpholine rings is 1. The van der Waals surface area contributed by atoms with Gasteiger partial charge in [0.1, 0.15) is 17.4 Å². The lowest BCUT2D eigenvalue weighted by Gasteiger charge is -2.26. The number of hydrogen-bond acceptors (Lipinski definition) is 5. The Bertz CT molecular complexity index is 1650. The molecule has 1 aliphatic carbocycles. The molecule has 9 heteroatoms. The van der Waals surface area contributed by atoms with Crippen molar-refractivity contribution in [3.63, 3.8) is 0 Å². The zero-order valence-corrected chi connectivity index (χ0v) is 22.0. The highest BCUT2D eigenvalue weighted by molar-refractivity contribution is 6.10. The van der Waals surface area contributed by atoms with Crippen LogP contribution in [0.15, 0.2) is 48.5 Å². The summed E-state index contributed by atoms with van der Waals surface area (Å²) in [7, 11) is 1.62. The third kappa shape index (κ3) is 4.08. The number of ether oxygens (including phenoxy) is 2. The van der Waals surface area contributed by atoms with E-state index in [4.69, 9.17) is 9.47 Å². The summed E-state index contributed by atoms with van der Waals surface area (Å²) >= 11 is 0. The van der Waals surface area contributed by atoms with Crippen LogP contribution in [0, 0.1) is 11.6 Å². The van der Waals surface area contributed by atoms with E-state index in [2.05, 4.69) is 15.5 Å². The lowest BCUT2D eigenvalue weighted by atomic mass is 9.91. The van der Waals surface area contributed by atoms with Gasteiger partial charge in [-0.2, -0.15) is 5.10 Å². The molecule has 1 saturated heterocycles. The van der Waals surface area contributed by atoms with Crippen molar-refractivity contribution in [3.8, 4) is 5.75 Å². The van der Waals surface area contributed by atoms with Gasteiger partial charge >= 0.3 is 0 Å². The quantitative estimate of drug-likeness (QED) is 0.349. The van der Waals surface area contributed by atoms with E-state index in [0.29, 0.717) is 37.6 Å². The van der Waals surface area contributed by atoms with Crippen molar-refractivity contribution in [1.82, 2.24) is 15.1 Å².